The summed E-state index contributed by atoms with van der Waals surface area (Å²) in [7, 11) is 0. The summed E-state index contributed by atoms with van der Waals surface area (Å²) in [6.07, 6.45) is 0.0770. The van der Waals surface area contributed by atoms with Crippen LogP contribution >= 0.6 is 15.9 Å². The number of hydrogen-bond acceptors (Lipinski definition) is 2. The highest BCUT2D eigenvalue weighted by Crippen LogP contribution is 2.22. The average molecular weight is 312 g/mol. The molecular weight excluding hydrogens is 294 g/mol. The highest BCUT2D eigenvalue weighted by molar-refractivity contribution is 9.10. The van der Waals surface area contributed by atoms with Crippen LogP contribution in [0.25, 0.3) is 0 Å². The third kappa shape index (κ3) is 3.12. The molecule has 1 aromatic carbocycles. The number of hydrogen-bond donors (Lipinski definition) is 0. The van der Waals surface area contributed by atoms with Crippen molar-refractivity contribution in [1.29, 1.82) is 0 Å². The van der Waals surface area contributed by atoms with Gasteiger partial charge in [0.15, 0.2) is 0 Å². The summed E-state index contributed by atoms with van der Waals surface area (Å²) >= 11 is 3.37. The predicted octanol–water partition coefficient (Wildman–Crippen LogP) is 3.09. The quantitative estimate of drug-likeness (QED) is 0.797. The lowest BCUT2D eigenvalue weighted by molar-refractivity contribution is -0.118. The first-order valence-electron chi connectivity index (χ1n) is 6.10. The lowest BCUT2D eigenvalue weighted by Crippen LogP contribution is -2.53. The molecule has 2 rings (SSSR count). The van der Waals surface area contributed by atoms with Gasteiger partial charge in [-0.3, -0.25) is 4.79 Å². The number of amides is 1. The van der Waals surface area contributed by atoms with E-state index in [4.69, 9.17) is 4.74 Å². The summed E-state index contributed by atoms with van der Waals surface area (Å²) < 4.78 is 6.79. The van der Waals surface area contributed by atoms with E-state index in [0.29, 0.717) is 13.1 Å². The van der Waals surface area contributed by atoms with Gasteiger partial charge < -0.3 is 9.64 Å². The monoisotopic (exact) mass is 311 g/mol. The third-order valence-corrected chi connectivity index (χ3v) is 3.48. The summed E-state index contributed by atoms with van der Waals surface area (Å²) in [6, 6.07) is 7.48. The molecule has 1 aliphatic heterocycles. The van der Waals surface area contributed by atoms with Gasteiger partial charge in [0.25, 0.3) is 5.91 Å². The van der Waals surface area contributed by atoms with E-state index in [1.807, 2.05) is 49.9 Å². The van der Waals surface area contributed by atoms with Gasteiger partial charge in [-0.2, -0.15) is 0 Å². The first-order chi connectivity index (χ1) is 8.37. The SMILES string of the molecule is CC1CN(C(=O)c2ccc(Br)cc2)CC(C)(C)O1. The minimum atomic E-state index is -0.275. The Kier molecular flexibility index (Phi) is 3.78. The molecule has 1 saturated heterocycles. The van der Waals surface area contributed by atoms with Crippen LogP contribution in [0.5, 0.6) is 0 Å². The van der Waals surface area contributed by atoms with Crippen molar-refractivity contribution in [3.8, 4) is 0 Å². The van der Waals surface area contributed by atoms with Crippen LogP contribution in [0.15, 0.2) is 28.7 Å². The van der Waals surface area contributed by atoms with Crippen LogP contribution in [-0.2, 0) is 4.74 Å². The van der Waals surface area contributed by atoms with Crippen LogP contribution in [-0.4, -0.2) is 35.6 Å². The van der Waals surface area contributed by atoms with Gasteiger partial charge in [-0.15, -0.1) is 0 Å². The number of carbonyl (C=O) groups is 1. The zero-order valence-electron chi connectivity index (χ0n) is 10.9. The molecule has 1 aromatic rings. The Balaban J connectivity index is 2.16. The Morgan fingerprint density at radius 2 is 2.00 bits per heavy atom. The van der Waals surface area contributed by atoms with Gasteiger partial charge in [-0.1, -0.05) is 15.9 Å². The fourth-order valence-corrected chi connectivity index (χ4v) is 2.65. The first kappa shape index (κ1) is 13.6. The molecule has 1 atom stereocenters. The van der Waals surface area contributed by atoms with Crippen molar-refractivity contribution in [2.24, 2.45) is 0 Å². The molecule has 0 aromatic heterocycles. The fraction of sp³-hybridized carbons (Fsp3) is 0.500. The summed E-state index contributed by atoms with van der Waals surface area (Å²) in [5.74, 6) is 0.0747. The normalized spacial score (nSPS) is 22.9. The van der Waals surface area contributed by atoms with Crippen molar-refractivity contribution >= 4 is 21.8 Å². The van der Waals surface area contributed by atoms with E-state index in [1.54, 1.807) is 0 Å². The third-order valence-electron chi connectivity index (χ3n) is 2.95. The van der Waals surface area contributed by atoms with Gasteiger partial charge in [0.1, 0.15) is 0 Å². The maximum Gasteiger partial charge on any atom is 0.254 e. The second kappa shape index (κ2) is 5.02. The molecule has 1 unspecified atom stereocenters. The Hall–Kier alpha value is -0.870. The van der Waals surface area contributed by atoms with Crippen molar-refractivity contribution in [2.75, 3.05) is 13.1 Å². The van der Waals surface area contributed by atoms with Crippen LogP contribution in [0.4, 0.5) is 0 Å². The number of carbonyl (C=O) groups excluding carboxylic acids is 1. The minimum absolute atomic E-state index is 0.0747. The summed E-state index contributed by atoms with van der Waals surface area (Å²) in [5.41, 5.74) is 0.450. The maximum atomic E-state index is 12.4. The average Bonchev–Trinajstić information content (AvgIpc) is 2.26. The molecular formula is C14H18BrNO2. The summed E-state index contributed by atoms with van der Waals surface area (Å²) in [6.45, 7) is 7.32. The standard InChI is InChI=1S/C14H18BrNO2/c1-10-8-16(9-14(2,3)18-10)13(17)11-4-6-12(15)7-5-11/h4-7,10H,8-9H2,1-3H3. The molecule has 0 saturated carbocycles. The van der Waals surface area contributed by atoms with E-state index < -0.39 is 0 Å². The Bertz CT molecular complexity index is 442. The number of benzene rings is 1. The molecule has 1 amide bonds. The van der Waals surface area contributed by atoms with Gasteiger partial charge in [0.2, 0.25) is 0 Å². The zero-order chi connectivity index (χ0) is 13.3. The Morgan fingerprint density at radius 3 is 2.56 bits per heavy atom. The fourth-order valence-electron chi connectivity index (χ4n) is 2.38. The largest absolute Gasteiger partial charge is 0.369 e. The van der Waals surface area contributed by atoms with Crippen LogP contribution < -0.4 is 0 Å². The van der Waals surface area contributed by atoms with E-state index in [-0.39, 0.29) is 17.6 Å². The minimum Gasteiger partial charge on any atom is -0.369 e. The van der Waals surface area contributed by atoms with E-state index >= 15 is 0 Å². The molecule has 1 fully saturated rings. The summed E-state index contributed by atoms with van der Waals surface area (Å²) in [4.78, 5) is 14.3. The molecule has 18 heavy (non-hydrogen) atoms. The van der Waals surface area contributed by atoms with Gasteiger partial charge in [-0.05, 0) is 45.0 Å². The number of ether oxygens (including phenoxy) is 1. The van der Waals surface area contributed by atoms with E-state index in [1.165, 1.54) is 0 Å². The highest BCUT2D eigenvalue weighted by Gasteiger charge is 2.33. The van der Waals surface area contributed by atoms with Crippen molar-refractivity contribution in [2.45, 2.75) is 32.5 Å². The molecule has 3 nitrogen and oxygen atoms in total. The molecule has 0 radical (unpaired) electrons. The van der Waals surface area contributed by atoms with E-state index in [9.17, 15) is 4.79 Å². The molecule has 98 valence electrons. The summed E-state index contributed by atoms with van der Waals surface area (Å²) in [5, 5.41) is 0. The van der Waals surface area contributed by atoms with Gasteiger partial charge in [0, 0.05) is 23.1 Å². The smallest absolute Gasteiger partial charge is 0.254 e. The van der Waals surface area contributed by atoms with Crippen LogP contribution in [0.1, 0.15) is 31.1 Å². The van der Waals surface area contributed by atoms with Crippen molar-refractivity contribution in [3.63, 3.8) is 0 Å². The molecule has 1 aliphatic rings. The molecule has 0 bridgehead atoms. The number of rotatable bonds is 1. The topological polar surface area (TPSA) is 29.5 Å². The maximum absolute atomic E-state index is 12.4. The Morgan fingerprint density at radius 1 is 1.39 bits per heavy atom. The number of morpholine rings is 1. The van der Waals surface area contributed by atoms with Gasteiger partial charge in [0.05, 0.1) is 11.7 Å². The number of nitrogens with zero attached hydrogens (tertiary/aromatic N) is 1. The number of halogens is 1. The molecule has 0 N–H and O–H groups in total. The van der Waals surface area contributed by atoms with Crippen LogP contribution in [0.2, 0.25) is 0 Å². The lowest BCUT2D eigenvalue weighted by atomic mass is 10.0. The Labute approximate surface area is 116 Å². The molecule has 0 aliphatic carbocycles. The molecule has 4 heteroatoms. The lowest BCUT2D eigenvalue weighted by Gasteiger charge is -2.41. The molecule has 1 heterocycles. The van der Waals surface area contributed by atoms with Gasteiger partial charge >= 0.3 is 0 Å². The highest BCUT2D eigenvalue weighted by atomic mass is 79.9. The van der Waals surface area contributed by atoms with Crippen molar-refractivity contribution in [3.05, 3.63) is 34.3 Å². The van der Waals surface area contributed by atoms with Gasteiger partial charge in [-0.25, -0.2) is 0 Å². The second-order valence-corrected chi connectivity index (χ2v) is 6.30. The van der Waals surface area contributed by atoms with Crippen molar-refractivity contribution < 1.29 is 9.53 Å². The van der Waals surface area contributed by atoms with Crippen LogP contribution in [0.3, 0.4) is 0 Å². The van der Waals surface area contributed by atoms with E-state index in [2.05, 4.69) is 15.9 Å². The molecule has 0 spiro atoms. The van der Waals surface area contributed by atoms with E-state index in [0.717, 1.165) is 10.0 Å². The van der Waals surface area contributed by atoms with Crippen LogP contribution in [0, 0.1) is 0 Å². The van der Waals surface area contributed by atoms with Crippen molar-refractivity contribution in [1.82, 2.24) is 4.90 Å². The first-order valence-corrected chi connectivity index (χ1v) is 6.89. The predicted molar refractivity (Wildman–Crippen MR) is 74.7 cm³/mol. The zero-order valence-corrected chi connectivity index (χ0v) is 12.5. The second-order valence-electron chi connectivity index (χ2n) is 5.38.